The number of hydrogen-bond donors (Lipinski definition) is 1. The van der Waals surface area contributed by atoms with Crippen LogP contribution < -0.4 is 0 Å². The van der Waals surface area contributed by atoms with E-state index in [1.165, 1.54) is 4.90 Å². The maximum absolute atomic E-state index is 12.9. The van der Waals surface area contributed by atoms with Crippen LogP contribution in [0.2, 0.25) is 0 Å². The van der Waals surface area contributed by atoms with E-state index in [2.05, 4.69) is 24.3 Å². The van der Waals surface area contributed by atoms with Crippen LogP contribution in [0.3, 0.4) is 0 Å². The van der Waals surface area contributed by atoms with E-state index in [-0.39, 0.29) is 30.6 Å². The van der Waals surface area contributed by atoms with Gasteiger partial charge in [-0.25, -0.2) is 9.59 Å². The third-order valence-corrected chi connectivity index (χ3v) is 5.96. The van der Waals surface area contributed by atoms with Crippen LogP contribution in [0.1, 0.15) is 44.2 Å². The number of carbonyl (C=O) groups is 2. The van der Waals surface area contributed by atoms with Crippen molar-refractivity contribution in [2.24, 2.45) is 5.92 Å². The molecule has 1 saturated heterocycles. The molecule has 2 aromatic carbocycles. The summed E-state index contributed by atoms with van der Waals surface area (Å²) in [5.74, 6) is -1.18. The zero-order chi connectivity index (χ0) is 22.9. The zero-order valence-electron chi connectivity index (χ0n) is 18.7. The fraction of sp³-hybridized carbons (Fsp3) is 0.385. The van der Waals surface area contributed by atoms with Crippen molar-refractivity contribution in [2.75, 3.05) is 13.2 Å². The first-order valence-corrected chi connectivity index (χ1v) is 10.9. The van der Waals surface area contributed by atoms with Crippen molar-refractivity contribution in [3.8, 4) is 11.1 Å². The second-order valence-corrected chi connectivity index (χ2v) is 9.36. The Morgan fingerprint density at radius 2 is 1.66 bits per heavy atom. The van der Waals surface area contributed by atoms with E-state index in [0.717, 1.165) is 22.3 Å². The van der Waals surface area contributed by atoms with E-state index in [1.54, 1.807) is 6.26 Å². The van der Waals surface area contributed by atoms with Crippen LogP contribution in [-0.4, -0.2) is 46.9 Å². The van der Waals surface area contributed by atoms with Crippen LogP contribution in [0.15, 0.2) is 60.9 Å². The molecule has 2 aromatic rings. The predicted octanol–water partition coefficient (Wildman–Crippen LogP) is 5.04. The number of hydrogen-bond acceptors (Lipinski definition) is 4. The number of aliphatic carboxylic acids is 1. The number of carboxylic acid groups (broad SMARTS) is 1. The van der Waals surface area contributed by atoms with Crippen molar-refractivity contribution in [1.82, 2.24) is 4.90 Å². The summed E-state index contributed by atoms with van der Waals surface area (Å²) in [6.45, 7) is 6.28. The van der Waals surface area contributed by atoms with Crippen molar-refractivity contribution < 1.29 is 24.2 Å². The summed E-state index contributed by atoms with van der Waals surface area (Å²) in [6.07, 6.45) is 3.18. The molecule has 1 aliphatic heterocycles. The number of nitrogens with zero attached hydrogens (tertiary/aromatic N) is 1. The number of likely N-dealkylation sites (tertiary alicyclic amines) is 1. The molecule has 2 aliphatic rings. The lowest BCUT2D eigenvalue weighted by Crippen LogP contribution is -2.41. The molecule has 1 aliphatic carbocycles. The first kappa shape index (κ1) is 21.9. The topological polar surface area (TPSA) is 76.1 Å². The quantitative estimate of drug-likeness (QED) is 0.666. The SMILES string of the molecule is CC(C)(C)OC=CC1CC(C(=O)O)N(C(=O)OCC2c3ccccc3-c3ccccc32)C1. The van der Waals surface area contributed by atoms with Gasteiger partial charge in [0.1, 0.15) is 12.6 Å². The molecule has 0 bridgehead atoms. The van der Waals surface area contributed by atoms with Gasteiger partial charge in [-0.2, -0.15) is 0 Å². The summed E-state index contributed by atoms with van der Waals surface area (Å²) in [7, 11) is 0. The molecule has 4 rings (SSSR count). The van der Waals surface area contributed by atoms with Crippen molar-refractivity contribution in [3.05, 3.63) is 72.0 Å². The molecule has 2 atom stereocenters. The third kappa shape index (κ3) is 4.49. The van der Waals surface area contributed by atoms with Gasteiger partial charge in [0.25, 0.3) is 0 Å². The minimum Gasteiger partial charge on any atom is -0.496 e. The molecule has 32 heavy (non-hydrogen) atoms. The molecule has 1 heterocycles. The third-order valence-electron chi connectivity index (χ3n) is 5.96. The maximum atomic E-state index is 12.9. The van der Waals surface area contributed by atoms with Gasteiger partial charge in [0.2, 0.25) is 0 Å². The van der Waals surface area contributed by atoms with E-state index in [4.69, 9.17) is 9.47 Å². The zero-order valence-corrected chi connectivity index (χ0v) is 18.7. The molecule has 0 radical (unpaired) electrons. The highest BCUT2D eigenvalue weighted by Crippen LogP contribution is 2.44. The first-order chi connectivity index (χ1) is 15.2. The maximum Gasteiger partial charge on any atom is 0.410 e. The Labute approximate surface area is 188 Å². The highest BCUT2D eigenvalue weighted by atomic mass is 16.6. The van der Waals surface area contributed by atoms with Crippen LogP contribution >= 0.6 is 0 Å². The predicted molar refractivity (Wildman–Crippen MR) is 121 cm³/mol. The Hall–Kier alpha value is -3.28. The van der Waals surface area contributed by atoms with Gasteiger partial charge in [-0.1, -0.05) is 48.5 Å². The van der Waals surface area contributed by atoms with Gasteiger partial charge in [0.15, 0.2) is 0 Å². The summed E-state index contributed by atoms with van der Waals surface area (Å²) in [6, 6.07) is 15.3. The second kappa shape index (κ2) is 8.69. The van der Waals surface area contributed by atoms with Crippen LogP contribution in [0, 0.1) is 5.92 Å². The number of carbonyl (C=O) groups excluding carboxylic acids is 1. The normalized spacial score (nSPS) is 20.3. The summed E-state index contributed by atoms with van der Waals surface area (Å²) in [5.41, 5.74) is 4.22. The Morgan fingerprint density at radius 1 is 1.06 bits per heavy atom. The van der Waals surface area contributed by atoms with Gasteiger partial charge in [0.05, 0.1) is 11.9 Å². The number of ether oxygens (including phenoxy) is 2. The molecule has 0 spiro atoms. The van der Waals surface area contributed by atoms with Gasteiger partial charge < -0.3 is 14.6 Å². The molecule has 1 fully saturated rings. The molecular weight excluding hydrogens is 406 g/mol. The molecular formula is C26H29NO5. The van der Waals surface area contributed by atoms with Gasteiger partial charge in [-0.05, 0) is 55.5 Å². The molecule has 0 saturated carbocycles. The van der Waals surface area contributed by atoms with Crippen LogP contribution in [0.5, 0.6) is 0 Å². The average Bonchev–Trinajstić information content (AvgIpc) is 3.31. The highest BCUT2D eigenvalue weighted by molar-refractivity contribution is 5.81. The lowest BCUT2D eigenvalue weighted by Gasteiger charge is -2.22. The largest absolute Gasteiger partial charge is 0.496 e. The lowest BCUT2D eigenvalue weighted by atomic mass is 9.98. The van der Waals surface area contributed by atoms with E-state index < -0.39 is 18.1 Å². The monoisotopic (exact) mass is 435 g/mol. The van der Waals surface area contributed by atoms with Crippen molar-refractivity contribution in [3.63, 3.8) is 0 Å². The van der Waals surface area contributed by atoms with Gasteiger partial charge in [-0.15, -0.1) is 0 Å². The van der Waals surface area contributed by atoms with Gasteiger partial charge >= 0.3 is 12.1 Å². The Bertz CT molecular complexity index is 993. The standard InChI is InChI=1S/C26H29NO5/c1-26(2,3)32-13-12-17-14-23(24(28)29)27(15-17)25(30)31-16-22-20-10-6-4-8-18(20)19-9-5-7-11-21(19)22/h4-13,17,22-23H,14-16H2,1-3H3,(H,28,29). The first-order valence-electron chi connectivity index (χ1n) is 10.9. The molecule has 1 N–H and O–H groups in total. The van der Waals surface area contributed by atoms with Crippen LogP contribution in [0.4, 0.5) is 4.79 Å². The van der Waals surface area contributed by atoms with E-state index in [9.17, 15) is 14.7 Å². The van der Waals surface area contributed by atoms with E-state index in [1.807, 2.05) is 51.1 Å². The van der Waals surface area contributed by atoms with Crippen LogP contribution in [-0.2, 0) is 14.3 Å². The lowest BCUT2D eigenvalue weighted by molar-refractivity contribution is -0.141. The van der Waals surface area contributed by atoms with Crippen molar-refractivity contribution in [2.45, 2.75) is 44.8 Å². The highest BCUT2D eigenvalue weighted by Gasteiger charge is 2.40. The summed E-state index contributed by atoms with van der Waals surface area (Å²) in [5, 5.41) is 9.64. The van der Waals surface area contributed by atoms with Gasteiger partial charge in [-0.3, -0.25) is 4.90 Å². The van der Waals surface area contributed by atoms with Crippen molar-refractivity contribution >= 4 is 12.1 Å². The van der Waals surface area contributed by atoms with Crippen molar-refractivity contribution in [1.29, 1.82) is 0 Å². The molecule has 168 valence electrons. The fourth-order valence-corrected chi connectivity index (χ4v) is 4.48. The Morgan fingerprint density at radius 3 is 2.22 bits per heavy atom. The fourth-order valence-electron chi connectivity index (χ4n) is 4.48. The Kier molecular flexibility index (Phi) is 5.96. The molecule has 6 nitrogen and oxygen atoms in total. The number of benzene rings is 2. The molecule has 2 unspecified atom stereocenters. The van der Waals surface area contributed by atoms with Gasteiger partial charge in [0, 0.05) is 18.4 Å². The molecule has 6 heteroatoms. The van der Waals surface area contributed by atoms with E-state index >= 15 is 0 Å². The number of carboxylic acids is 1. The Balaban J connectivity index is 1.45. The van der Waals surface area contributed by atoms with Crippen LogP contribution in [0.25, 0.3) is 11.1 Å². The summed E-state index contributed by atoms with van der Waals surface area (Å²) in [4.78, 5) is 26.0. The number of rotatable bonds is 5. The summed E-state index contributed by atoms with van der Waals surface area (Å²) < 4.78 is 11.3. The average molecular weight is 436 g/mol. The second-order valence-electron chi connectivity index (χ2n) is 9.36. The molecule has 1 amide bonds. The minimum atomic E-state index is -1.02. The number of fused-ring (bicyclic) bond motifs is 3. The molecule has 0 aromatic heterocycles. The number of amides is 1. The van der Waals surface area contributed by atoms with E-state index in [0.29, 0.717) is 6.42 Å². The summed E-state index contributed by atoms with van der Waals surface area (Å²) >= 11 is 0. The smallest absolute Gasteiger partial charge is 0.410 e. The minimum absolute atomic E-state index is 0.0619.